The Hall–Kier alpha value is -2.51. The number of nitrogen functional groups attached to an aromatic ring is 1. The maximum Gasteiger partial charge on any atom is 0.256 e. The van der Waals surface area contributed by atoms with Crippen molar-refractivity contribution in [3.8, 4) is 0 Å². The summed E-state index contributed by atoms with van der Waals surface area (Å²) < 4.78 is 0. The van der Waals surface area contributed by atoms with E-state index in [1.165, 1.54) is 18.1 Å². The lowest BCUT2D eigenvalue weighted by Crippen LogP contribution is -2.35. The smallest absolute Gasteiger partial charge is 0.256 e. The summed E-state index contributed by atoms with van der Waals surface area (Å²) in [6.45, 7) is 3.17. The van der Waals surface area contributed by atoms with E-state index in [2.05, 4.69) is 32.3 Å². The molecule has 3 rings (SSSR count). The molecule has 1 aromatic heterocycles. The first kappa shape index (κ1) is 17.3. The van der Waals surface area contributed by atoms with E-state index in [1.807, 2.05) is 12.1 Å². The van der Waals surface area contributed by atoms with E-state index in [9.17, 15) is 9.90 Å². The number of likely N-dealkylation sites (tertiary alicyclic amines) is 1. The van der Waals surface area contributed by atoms with Gasteiger partial charge in [-0.05, 0) is 24.0 Å². The Morgan fingerprint density at radius 2 is 1.92 bits per heavy atom. The van der Waals surface area contributed by atoms with Crippen molar-refractivity contribution in [3.05, 3.63) is 53.5 Å². The standard InChI is InChI=1S/C18H23N5O2/c19-17-16(10-20-12-22-17)18(25)21-9-13-1-3-14(4-2-13)11-23-7-5-15(24)6-8-23/h1-4,10,12,15,24H,5-9,11H2,(H,21,25)(H2,19,20,22). The number of hydrogen-bond acceptors (Lipinski definition) is 6. The second kappa shape index (κ2) is 8.04. The minimum atomic E-state index is -0.283. The van der Waals surface area contributed by atoms with Crippen LogP contribution in [0.2, 0.25) is 0 Å². The van der Waals surface area contributed by atoms with Gasteiger partial charge in [0.25, 0.3) is 5.91 Å². The maximum absolute atomic E-state index is 12.1. The molecule has 1 amide bonds. The number of carbonyl (C=O) groups is 1. The first-order valence-electron chi connectivity index (χ1n) is 8.44. The third kappa shape index (κ3) is 4.74. The number of aromatic nitrogens is 2. The molecule has 0 aliphatic carbocycles. The summed E-state index contributed by atoms with van der Waals surface area (Å²) in [4.78, 5) is 22.1. The van der Waals surface area contributed by atoms with E-state index < -0.39 is 0 Å². The van der Waals surface area contributed by atoms with Crippen molar-refractivity contribution in [1.82, 2.24) is 20.2 Å². The quantitative estimate of drug-likeness (QED) is 0.748. The predicted molar refractivity (Wildman–Crippen MR) is 94.6 cm³/mol. The Labute approximate surface area is 146 Å². The first-order chi connectivity index (χ1) is 12.1. The van der Waals surface area contributed by atoms with E-state index >= 15 is 0 Å². The van der Waals surface area contributed by atoms with Gasteiger partial charge in [-0.2, -0.15) is 0 Å². The highest BCUT2D eigenvalue weighted by Gasteiger charge is 2.16. The molecular formula is C18H23N5O2. The lowest BCUT2D eigenvalue weighted by molar-refractivity contribution is 0.0792. The molecule has 0 bridgehead atoms. The van der Waals surface area contributed by atoms with Gasteiger partial charge in [0.1, 0.15) is 12.1 Å². The maximum atomic E-state index is 12.1. The molecule has 25 heavy (non-hydrogen) atoms. The van der Waals surface area contributed by atoms with Crippen LogP contribution in [0.3, 0.4) is 0 Å². The topological polar surface area (TPSA) is 104 Å². The van der Waals surface area contributed by atoms with Crippen molar-refractivity contribution in [2.24, 2.45) is 0 Å². The first-order valence-corrected chi connectivity index (χ1v) is 8.44. The summed E-state index contributed by atoms with van der Waals surface area (Å²) in [5, 5.41) is 12.4. The van der Waals surface area contributed by atoms with Gasteiger partial charge in [0.15, 0.2) is 0 Å². The highest BCUT2D eigenvalue weighted by molar-refractivity contribution is 5.97. The molecule has 1 aromatic carbocycles. The second-order valence-electron chi connectivity index (χ2n) is 6.33. The van der Waals surface area contributed by atoms with Crippen LogP contribution in [0.1, 0.15) is 34.3 Å². The molecule has 2 heterocycles. The van der Waals surface area contributed by atoms with Crippen LogP contribution in [0, 0.1) is 0 Å². The zero-order valence-corrected chi connectivity index (χ0v) is 14.1. The van der Waals surface area contributed by atoms with Crippen LogP contribution in [0.15, 0.2) is 36.8 Å². The van der Waals surface area contributed by atoms with Crippen molar-refractivity contribution in [1.29, 1.82) is 0 Å². The van der Waals surface area contributed by atoms with Crippen LogP contribution in [-0.4, -0.2) is 45.1 Å². The largest absolute Gasteiger partial charge is 0.393 e. The molecule has 7 nitrogen and oxygen atoms in total. The molecule has 1 aliphatic rings. The lowest BCUT2D eigenvalue weighted by atomic mass is 10.1. The number of benzene rings is 1. The Morgan fingerprint density at radius 1 is 1.24 bits per heavy atom. The van der Waals surface area contributed by atoms with Crippen LogP contribution in [0.25, 0.3) is 0 Å². The summed E-state index contributed by atoms with van der Waals surface area (Å²) >= 11 is 0. The van der Waals surface area contributed by atoms with E-state index in [0.717, 1.165) is 38.0 Å². The average molecular weight is 341 g/mol. The van der Waals surface area contributed by atoms with Crippen molar-refractivity contribution >= 4 is 11.7 Å². The zero-order chi connectivity index (χ0) is 17.6. The van der Waals surface area contributed by atoms with Crippen LogP contribution < -0.4 is 11.1 Å². The molecule has 1 aliphatic heterocycles. The van der Waals surface area contributed by atoms with Crippen molar-refractivity contribution in [3.63, 3.8) is 0 Å². The fraction of sp³-hybridized carbons (Fsp3) is 0.389. The number of nitrogens with one attached hydrogen (secondary N) is 1. The normalized spacial score (nSPS) is 15.9. The Morgan fingerprint density at radius 3 is 2.60 bits per heavy atom. The van der Waals surface area contributed by atoms with E-state index in [4.69, 9.17) is 5.73 Å². The number of nitrogens with zero attached hydrogens (tertiary/aromatic N) is 3. The van der Waals surface area contributed by atoms with Gasteiger partial charge in [-0.25, -0.2) is 9.97 Å². The van der Waals surface area contributed by atoms with E-state index in [1.54, 1.807) is 0 Å². The van der Waals surface area contributed by atoms with Crippen LogP contribution in [-0.2, 0) is 13.1 Å². The van der Waals surface area contributed by atoms with Crippen LogP contribution in [0.4, 0.5) is 5.82 Å². The van der Waals surface area contributed by atoms with E-state index in [-0.39, 0.29) is 23.4 Å². The number of hydrogen-bond donors (Lipinski definition) is 3. The molecule has 0 unspecified atom stereocenters. The van der Waals surface area contributed by atoms with Crippen molar-refractivity contribution < 1.29 is 9.90 Å². The number of aliphatic hydroxyl groups is 1. The van der Waals surface area contributed by atoms with Gasteiger partial charge >= 0.3 is 0 Å². The van der Waals surface area contributed by atoms with Gasteiger partial charge in [-0.3, -0.25) is 9.69 Å². The molecule has 0 radical (unpaired) electrons. The van der Waals surface area contributed by atoms with Gasteiger partial charge in [-0.1, -0.05) is 24.3 Å². The Kier molecular flexibility index (Phi) is 5.57. The molecule has 1 saturated heterocycles. The summed E-state index contributed by atoms with van der Waals surface area (Å²) in [5.74, 6) is -0.108. The monoisotopic (exact) mass is 341 g/mol. The molecule has 2 aromatic rings. The molecule has 0 saturated carbocycles. The summed E-state index contributed by atoms with van der Waals surface area (Å²) in [6, 6.07) is 8.18. The highest BCUT2D eigenvalue weighted by Crippen LogP contribution is 2.14. The van der Waals surface area contributed by atoms with Crippen molar-refractivity contribution in [2.75, 3.05) is 18.8 Å². The molecule has 132 valence electrons. The number of rotatable bonds is 5. The van der Waals surface area contributed by atoms with Crippen LogP contribution >= 0.6 is 0 Å². The number of anilines is 1. The highest BCUT2D eigenvalue weighted by atomic mass is 16.3. The summed E-state index contributed by atoms with van der Waals surface area (Å²) in [7, 11) is 0. The summed E-state index contributed by atoms with van der Waals surface area (Å²) in [5.41, 5.74) is 8.20. The summed E-state index contributed by atoms with van der Waals surface area (Å²) in [6.07, 6.45) is 4.27. The zero-order valence-electron chi connectivity index (χ0n) is 14.1. The Bertz CT molecular complexity index is 712. The molecule has 4 N–H and O–H groups in total. The molecule has 0 atom stereocenters. The van der Waals surface area contributed by atoms with Gasteiger partial charge in [0.2, 0.25) is 0 Å². The van der Waals surface area contributed by atoms with Gasteiger partial charge < -0.3 is 16.2 Å². The third-order valence-corrected chi connectivity index (χ3v) is 4.43. The fourth-order valence-corrected chi connectivity index (χ4v) is 2.89. The number of piperidine rings is 1. The second-order valence-corrected chi connectivity index (χ2v) is 6.33. The molecule has 1 fully saturated rings. The number of amides is 1. The minimum absolute atomic E-state index is 0.147. The molecule has 0 spiro atoms. The molecule has 7 heteroatoms. The predicted octanol–water partition coefficient (Wildman–Crippen LogP) is 0.945. The van der Waals surface area contributed by atoms with Crippen molar-refractivity contribution in [2.45, 2.75) is 32.0 Å². The van der Waals surface area contributed by atoms with Gasteiger partial charge in [0, 0.05) is 32.4 Å². The van der Waals surface area contributed by atoms with Gasteiger partial charge in [-0.15, -0.1) is 0 Å². The number of aliphatic hydroxyl groups excluding tert-OH is 1. The average Bonchev–Trinajstić information content (AvgIpc) is 2.63. The number of carbonyl (C=O) groups excluding carboxylic acids is 1. The Balaban J connectivity index is 1.51. The SMILES string of the molecule is Nc1ncncc1C(=O)NCc1ccc(CN2CCC(O)CC2)cc1. The van der Waals surface area contributed by atoms with E-state index in [0.29, 0.717) is 6.54 Å². The number of nitrogens with two attached hydrogens (primary N) is 1. The molecular weight excluding hydrogens is 318 g/mol. The third-order valence-electron chi connectivity index (χ3n) is 4.43. The van der Waals surface area contributed by atoms with Crippen LogP contribution in [0.5, 0.6) is 0 Å². The fourth-order valence-electron chi connectivity index (χ4n) is 2.89. The minimum Gasteiger partial charge on any atom is -0.393 e. The van der Waals surface area contributed by atoms with Gasteiger partial charge in [0.05, 0.1) is 11.7 Å². The lowest BCUT2D eigenvalue weighted by Gasteiger charge is -2.29.